The summed E-state index contributed by atoms with van der Waals surface area (Å²) in [4.78, 5) is 16.2. The topological polar surface area (TPSA) is 63.2 Å². The van der Waals surface area contributed by atoms with Crippen LogP contribution in [0.1, 0.15) is 23.2 Å². The van der Waals surface area contributed by atoms with Crippen molar-refractivity contribution in [3.8, 4) is 11.5 Å². The zero-order chi connectivity index (χ0) is 16.8. The third-order valence-corrected chi connectivity index (χ3v) is 4.32. The number of ether oxygens (including phenoxy) is 1. The van der Waals surface area contributed by atoms with Crippen LogP contribution in [-0.2, 0) is 0 Å². The Kier molecular flexibility index (Phi) is 9.73. The van der Waals surface area contributed by atoms with E-state index in [1.54, 1.807) is 42.7 Å². The number of carbonyl (C=O) groups excluding carboxylic acids is 1. The number of amides is 1. The van der Waals surface area contributed by atoms with Crippen molar-refractivity contribution in [3.63, 3.8) is 0 Å². The molecule has 1 saturated heterocycles. The highest BCUT2D eigenvalue weighted by Gasteiger charge is 2.15. The molecule has 2 N–H and O–H groups in total. The van der Waals surface area contributed by atoms with Crippen molar-refractivity contribution in [1.82, 2.24) is 15.6 Å². The lowest BCUT2D eigenvalue weighted by molar-refractivity contribution is 0.0945. The molecule has 0 saturated carbocycles. The molecule has 0 radical (unpaired) electrons. The van der Waals surface area contributed by atoms with E-state index in [4.69, 9.17) is 16.3 Å². The van der Waals surface area contributed by atoms with Crippen LogP contribution >= 0.6 is 36.4 Å². The summed E-state index contributed by atoms with van der Waals surface area (Å²) in [5, 5.41) is 6.72. The zero-order valence-corrected chi connectivity index (χ0v) is 16.5. The average molecular weight is 419 g/mol. The fraction of sp³-hybridized carbons (Fsp3) is 0.333. The van der Waals surface area contributed by atoms with Crippen molar-refractivity contribution in [2.24, 2.45) is 5.92 Å². The summed E-state index contributed by atoms with van der Waals surface area (Å²) in [6.45, 7) is 2.71. The molecule has 0 aliphatic carbocycles. The van der Waals surface area contributed by atoms with Crippen molar-refractivity contribution in [2.75, 3.05) is 19.6 Å². The molecule has 1 aromatic carbocycles. The van der Waals surface area contributed by atoms with E-state index in [0.29, 0.717) is 34.5 Å². The summed E-state index contributed by atoms with van der Waals surface area (Å²) >= 11 is 6.24. The van der Waals surface area contributed by atoms with Crippen molar-refractivity contribution in [3.05, 3.63) is 53.3 Å². The fourth-order valence-electron chi connectivity index (χ4n) is 2.70. The van der Waals surface area contributed by atoms with Crippen molar-refractivity contribution in [1.29, 1.82) is 0 Å². The number of carbonyl (C=O) groups is 1. The second kappa shape index (κ2) is 11.2. The van der Waals surface area contributed by atoms with E-state index in [2.05, 4.69) is 15.6 Å². The number of hydrogen-bond acceptors (Lipinski definition) is 4. The quantitative estimate of drug-likeness (QED) is 0.767. The third kappa shape index (κ3) is 6.32. The van der Waals surface area contributed by atoms with Gasteiger partial charge in [-0.1, -0.05) is 11.6 Å². The van der Waals surface area contributed by atoms with Crippen LogP contribution in [-0.4, -0.2) is 30.5 Å². The minimum Gasteiger partial charge on any atom is -0.456 e. The van der Waals surface area contributed by atoms with Crippen LogP contribution < -0.4 is 15.4 Å². The normalized spacial score (nSPS) is 16.0. The van der Waals surface area contributed by atoms with Gasteiger partial charge in [-0.15, -0.1) is 24.8 Å². The molecule has 0 spiro atoms. The molecule has 5 nitrogen and oxygen atoms in total. The maximum absolute atomic E-state index is 12.3. The zero-order valence-electron chi connectivity index (χ0n) is 14.1. The Labute approximate surface area is 170 Å². The number of halogens is 3. The number of pyridine rings is 1. The van der Waals surface area contributed by atoms with Gasteiger partial charge in [-0.3, -0.25) is 9.78 Å². The summed E-state index contributed by atoms with van der Waals surface area (Å²) in [7, 11) is 0. The van der Waals surface area contributed by atoms with E-state index in [0.717, 1.165) is 25.9 Å². The van der Waals surface area contributed by atoms with Gasteiger partial charge in [0, 0.05) is 24.5 Å². The van der Waals surface area contributed by atoms with E-state index in [1.165, 1.54) is 0 Å². The molecule has 1 aliphatic heterocycles. The predicted molar refractivity (Wildman–Crippen MR) is 108 cm³/mol. The first-order chi connectivity index (χ1) is 11.7. The number of aromatic nitrogens is 1. The van der Waals surface area contributed by atoms with E-state index in [-0.39, 0.29) is 30.7 Å². The number of hydrogen-bond donors (Lipinski definition) is 2. The van der Waals surface area contributed by atoms with Crippen LogP contribution in [0.3, 0.4) is 0 Å². The summed E-state index contributed by atoms with van der Waals surface area (Å²) in [6.07, 6.45) is 5.59. The lowest BCUT2D eigenvalue weighted by Gasteiger charge is -2.22. The molecule has 1 fully saturated rings. The molecule has 2 aromatic rings. The molecular weight excluding hydrogens is 397 g/mol. The molecule has 8 heteroatoms. The second-order valence-electron chi connectivity index (χ2n) is 5.85. The summed E-state index contributed by atoms with van der Waals surface area (Å²) in [6, 6.07) is 8.55. The molecule has 1 atom stereocenters. The van der Waals surface area contributed by atoms with Crippen LogP contribution in [0.25, 0.3) is 0 Å². The first kappa shape index (κ1) is 22.5. The van der Waals surface area contributed by atoms with E-state index < -0.39 is 0 Å². The molecule has 1 unspecified atom stereocenters. The Morgan fingerprint density at radius 2 is 2.04 bits per heavy atom. The Balaban J connectivity index is 0.00000169. The van der Waals surface area contributed by atoms with Crippen LogP contribution in [0.4, 0.5) is 0 Å². The maximum Gasteiger partial charge on any atom is 0.251 e. The monoisotopic (exact) mass is 417 g/mol. The average Bonchev–Trinajstić information content (AvgIpc) is 2.63. The lowest BCUT2D eigenvalue weighted by atomic mass is 9.99. The van der Waals surface area contributed by atoms with Crippen LogP contribution in [0, 0.1) is 5.92 Å². The minimum atomic E-state index is -0.113. The molecule has 2 heterocycles. The van der Waals surface area contributed by atoms with Crippen LogP contribution in [0.5, 0.6) is 11.5 Å². The third-order valence-electron chi connectivity index (χ3n) is 4.02. The Morgan fingerprint density at radius 3 is 2.69 bits per heavy atom. The van der Waals surface area contributed by atoms with Gasteiger partial charge in [0.1, 0.15) is 11.5 Å². The summed E-state index contributed by atoms with van der Waals surface area (Å²) in [5.74, 6) is 1.54. The molecule has 3 rings (SSSR count). The highest BCUT2D eigenvalue weighted by Crippen LogP contribution is 2.29. The van der Waals surface area contributed by atoms with Crippen molar-refractivity contribution >= 4 is 42.3 Å². The molecule has 1 amide bonds. The van der Waals surface area contributed by atoms with Gasteiger partial charge in [0.25, 0.3) is 5.91 Å². The molecule has 142 valence electrons. The van der Waals surface area contributed by atoms with Gasteiger partial charge in [0.15, 0.2) is 0 Å². The number of nitrogens with zero attached hydrogens (tertiary/aromatic N) is 1. The molecule has 26 heavy (non-hydrogen) atoms. The first-order valence-corrected chi connectivity index (χ1v) is 8.46. The van der Waals surface area contributed by atoms with Gasteiger partial charge < -0.3 is 15.4 Å². The Bertz CT molecular complexity index is 695. The van der Waals surface area contributed by atoms with Gasteiger partial charge in [0.2, 0.25) is 0 Å². The first-order valence-electron chi connectivity index (χ1n) is 8.09. The van der Waals surface area contributed by atoms with E-state index in [1.807, 2.05) is 0 Å². The van der Waals surface area contributed by atoms with Gasteiger partial charge in [-0.05, 0) is 62.2 Å². The highest BCUT2D eigenvalue weighted by atomic mass is 35.5. The Morgan fingerprint density at radius 1 is 1.27 bits per heavy atom. The van der Waals surface area contributed by atoms with Gasteiger partial charge >= 0.3 is 0 Å². The Hall–Kier alpha value is -1.53. The number of benzene rings is 1. The standard InChI is InChI=1S/C18H20ClN3O2.2ClH/c19-16-10-14(18(23)22-12-13-2-1-7-21-11-13)3-4-17(16)24-15-5-8-20-9-6-15;;/h3-6,8-10,13,21H,1-2,7,11-12H2,(H,22,23);2*1H. The number of rotatable bonds is 5. The number of piperidine rings is 1. The van der Waals surface area contributed by atoms with Crippen LogP contribution in [0.2, 0.25) is 5.02 Å². The van der Waals surface area contributed by atoms with Crippen molar-refractivity contribution in [2.45, 2.75) is 12.8 Å². The van der Waals surface area contributed by atoms with E-state index >= 15 is 0 Å². The largest absolute Gasteiger partial charge is 0.456 e. The molecule has 0 bridgehead atoms. The predicted octanol–water partition coefficient (Wildman–Crippen LogP) is 4.10. The van der Waals surface area contributed by atoms with Gasteiger partial charge in [0.05, 0.1) is 5.02 Å². The number of nitrogens with one attached hydrogen (secondary N) is 2. The van der Waals surface area contributed by atoms with Crippen molar-refractivity contribution < 1.29 is 9.53 Å². The molecular formula is C18H22Cl3N3O2. The SMILES string of the molecule is Cl.Cl.O=C(NCC1CCCNC1)c1ccc(Oc2ccncc2)c(Cl)c1. The highest BCUT2D eigenvalue weighted by molar-refractivity contribution is 6.32. The summed E-state index contributed by atoms with van der Waals surface area (Å²) in [5.41, 5.74) is 0.533. The smallest absolute Gasteiger partial charge is 0.251 e. The lowest BCUT2D eigenvalue weighted by Crippen LogP contribution is -2.38. The molecule has 1 aliphatic rings. The van der Waals surface area contributed by atoms with Gasteiger partial charge in [-0.2, -0.15) is 0 Å². The van der Waals surface area contributed by atoms with E-state index in [9.17, 15) is 4.79 Å². The summed E-state index contributed by atoms with van der Waals surface area (Å²) < 4.78 is 5.69. The second-order valence-corrected chi connectivity index (χ2v) is 6.26. The fourth-order valence-corrected chi connectivity index (χ4v) is 2.91. The molecule has 1 aromatic heterocycles. The minimum absolute atomic E-state index is 0. The van der Waals surface area contributed by atoms with Gasteiger partial charge in [-0.25, -0.2) is 0 Å². The van der Waals surface area contributed by atoms with Crippen LogP contribution in [0.15, 0.2) is 42.7 Å². The maximum atomic E-state index is 12.3.